The van der Waals surface area contributed by atoms with Gasteiger partial charge >= 0.3 is 106 Å². The Morgan fingerprint density at radius 1 is 0.824 bits per heavy atom. The Hall–Kier alpha value is -1.77. The van der Waals surface area contributed by atoms with Gasteiger partial charge in [-0.15, -0.1) is 0 Å². The second-order valence-electron chi connectivity index (χ2n) is 3.09. The van der Waals surface area contributed by atoms with Gasteiger partial charge in [-0.25, -0.2) is 0 Å². The van der Waals surface area contributed by atoms with Crippen molar-refractivity contribution in [1.29, 1.82) is 0 Å². The summed E-state index contributed by atoms with van der Waals surface area (Å²) >= 11 is -1.02. The summed E-state index contributed by atoms with van der Waals surface area (Å²) in [7, 11) is 0. The van der Waals surface area contributed by atoms with E-state index in [1.807, 2.05) is 0 Å². The fraction of sp³-hybridized carbons (Fsp3) is 0. The molecule has 2 aromatic heterocycles. The second kappa shape index (κ2) is 4.62. The van der Waals surface area contributed by atoms with Crippen LogP contribution in [0.2, 0.25) is 0 Å². The first-order valence-electron chi connectivity index (χ1n) is 4.57. The van der Waals surface area contributed by atoms with E-state index in [9.17, 15) is 20.0 Å². The van der Waals surface area contributed by atoms with Crippen molar-refractivity contribution in [3.63, 3.8) is 0 Å². The third-order valence-electron chi connectivity index (χ3n) is 1.96. The third-order valence-corrected chi connectivity index (χ3v) is 4.70. The van der Waals surface area contributed by atoms with Crippen LogP contribution in [0.3, 0.4) is 0 Å². The van der Waals surface area contributed by atoms with Crippen molar-refractivity contribution in [2.24, 2.45) is 0 Å². The Morgan fingerprint density at radius 2 is 1.24 bits per heavy atom. The van der Waals surface area contributed by atoms with Crippen LogP contribution in [0.1, 0.15) is 0 Å². The van der Waals surface area contributed by atoms with Crippen LogP contribution in [0.15, 0.2) is 46.0 Å². The molecule has 0 unspecified atom stereocenters. The number of halogens is 1. The van der Waals surface area contributed by atoms with Crippen LogP contribution in [-0.4, -0.2) is 19.9 Å². The molecule has 0 aliphatic rings. The summed E-state index contributed by atoms with van der Waals surface area (Å²) in [6.07, 6.45) is 0. The topological polar surface area (TPSA) is 84.5 Å². The molecule has 0 saturated carbocycles. The molecule has 2 heterocycles. The number of pyridine rings is 2. The average molecular weight is 347 g/mol. The average Bonchev–Trinajstić information content (AvgIpc) is 2.31. The van der Waals surface area contributed by atoms with Gasteiger partial charge in [-0.05, 0) is 0 Å². The van der Waals surface area contributed by atoms with Crippen molar-refractivity contribution in [2.75, 3.05) is 0 Å². The van der Waals surface area contributed by atoms with Gasteiger partial charge in [0.2, 0.25) is 0 Å². The van der Waals surface area contributed by atoms with Crippen LogP contribution in [0.4, 0.5) is 0 Å². The van der Waals surface area contributed by atoms with Gasteiger partial charge in [0.1, 0.15) is 0 Å². The molecule has 0 spiro atoms. The molecule has 90 valence electrons. The first-order valence-corrected chi connectivity index (χ1v) is 6.73. The van der Waals surface area contributed by atoms with Gasteiger partial charge < -0.3 is 0 Å². The van der Waals surface area contributed by atoms with Gasteiger partial charge in [0.15, 0.2) is 0 Å². The Balaban J connectivity index is 2.45. The zero-order valence-electron chi connectivity index (χ0n) is 8.45. The quantitative estimate of drug-likeness (QED) is 0.337. The van der Waals surface area contributed by atoms with Crippen molar-refractivity contribution >= 4 is 0 Å². The van der Waals surface area contributed by atoms with E-state index in [1.54, 1.807) is 12.1 Å². The third kappa shape index (κ3) is 2.33. The van der Waals surface area contributed by atoms with Crippen LogP contribution in [0.5, 0.6) is 0 Å². The fourth-order valence-electron chi connectivity index (χ4n) is 1.15. The minimum atomic E-state index is -1.02. The van der Waals surface area contributed by atoms with Crippen LogP contribution < -0.4 is 32.3 Å². The molecule has 7 heteroatoms. The van der Waals surface area contributed by atoms with Crippen molar-refractivity contribution in [2.45, 2.75) is 0 Å². The molecule has 2 N–H and O–H groups in total. The number of hydrogen-bond acceptors (Lipinski definition) is 4. The van der Waals surface area contributed by atoms with Gasteiger partial charge in [-0.3, -0.25) is 0 Å². The summed E-state index contributed by atoms with van der Waals surface area (Å²) in [5.41, 5.74) is -1.07. The van der Waals surface area contributed by atoms with Crippen molar-refractivity contribution in [3.8, 4) is 0 Å². The predicted octanol–water partition coefficient (Wildman–Crippen LogP) is -3.39. The summed E-state index contributed by atoms with van der Waals surface area (Å²) < 4.78 is 1.85. The molecule has 0 aliphatic heterocycles. The molecule has 0 radical (unpaired) electrons. The van der Waals surface area contributed by atoms with Crippen LogP contribution >= 0.6 is 0 Å². The van der Waals surface area contributed by atoms with Crippen molar-refractivity contribution < 1.29 is 31.6 Å². The number of aromatic nitrogens is 2. The van der Waals surface area contributed by atoms with E-state index in [0.29, 0.717) is 16.9 Å². The summed E-state index contributed by atoms with van der Waals surface area (Å²) in [4.78, 5) is 22.4. The molecule has 2 rings (SSSR count). The van der Waals surface area contributed by atoms with Gasteiger partial charge in [-0.1, -0.05) is 0 Å². The SMILES string of the molecule is O=c1cccc([I-]c2cccc(=O)n2O)n1O. The molecule has 0 amide bonds. The molecule has 17 heavy (non-hydrogen) atoms. The fourth-order valence-corrected chi connectivity index (χ4v) is 3.43. The molecule has 0 fully saturated rings. The molecule has 0 atom stereocenters. The summed E-state index contributed by atoms with van der Waals surface area (Å²) in [5, 5.41) is 19.0. The molecule has 6 nitrogen and oxygen atoms in total. The Kier molecular flexibility index (Phi) is 3.18. The predicted molar refractivity (Wildman–Crippen MR) is 53.2 cm³/mol. The molecule has 0 aromatic carbocycles. The second-order valence-corrected chi connectivity index (χ2v) is 5.84. The van der Waals surface area contributed by atoms with Gasteiger partial charge in [0, 0.05) is 0 Å². The normalized spacial score (nSPS) is 10.6. The molecule has 2 aromatic rings. The molecular formula is C10H8IN2O4-. The number of rotatable bonds is 2. The summed E-state index contributed by atoms with van der Waals surface area (Å²) in [6, 6.07) is 8.65. The number of nitrogens with zero attached hydrogens (tertiary/aromatic N) is 2. The molecule has 0 aliphatic carbocycles. The maximum absolute atomic E-state index is 11.2. The van der Waals surface area contributed by atoms with Crippen molar-refractivity contribution in [3.05, 3.63) is 64.5 Å². The van der Waals surface area contributed by atoms with Gasteiger partial charge in [0.25, 0.3) is 0 Å². The summed E-state index contributed by atoms with van der Waals surface area (Å²) in [5.74, 6) is 0. The van der Waals surface area contributed by atoms with Crippen LogP contribution in [0, 0.1) is 7.40 Å². The first-order chi connectivity index (χ1) is 8.09. The molecular weight excluding hydrogens is 339 g/mol. The van der Waals surface area contributed by atoms with Crippen molar-refractivity contribution in [1.82, 2.24) is 9.46 Å². The first kappa shape index (κ1) is 11.7. The van der Waals surface area contributed by atoms with E-state index in [2.05, 4.69) is 0 Å². The van der Waals surface area contributed by atoms with Gasteiger partial charge in [-0.2, -0.15) is 0 Å². The summed E-state index contributed by atoms with van der Waals surface area (Å²) in [6.45, 7) is 0. The van der Waals surface area contributed by atoms with E-state index in [-0.39, 0.29) is 0 Å². The Labute approximate surface area is 106 Å². The van der Waals surface area contributed by atoms with E-state index in [0.717, 1.165) is 0 Å². The van der Waals surface area contributed by atoms with Crippen LogP contribution in [0.25, 0.3) is 0 Å². The van der Waals surface area contributed by atoms with Gasteiger partial charge in [0.05, 0.1) is 0 Å². The monoisotopic (exact) mass is 347 g/mol. The Morgan fingerprint density at radius 3 is 1.65 bits per heavy atom. The van der Waals surface area contributed by atoms with Crippen LogP contribution in [-0.2, 0) is 0 Å². The minimum absolute atomic E-state index is 0.393. The standard InChI is InChI=1S/C10H8IN2O4/c14-9-5-1-3-7(12(9)16)11-8-4-2-6-10(15)13(8)17/h1-6,16-17H/q-1. The maximum atomic E-state index is 11.2. The zero-order valence-corrected chi connectivity index (χ0v) is 10.6. The molecule has 0 bridgehead atoms. The van der Waals surface area contributed by atoms with E-state index < -0.39 is 32.3 Å². The van der Waals surface area contributed by atoms with E-state index >= 15 is 0 Å². The number of hydrogen-bond donors (Lipinski definition) is 2. The Bertz CT molecular complexity index is 604. The van der Waals surface area contributed by atoms with E-state index in [4.69, 9.17) is 0 Å². The zero-order chi connectivity index (χ0) is 12.4. The molecule has 0 saturated heterocycles. The van der Waals surface area contributed by atoms with E-state index in [1.165, 1.54) is 24.3 Å².